The van der Waals surface area contributed by atoms with Crippen molar-refractivity contribution in [1.82, 2.24) is 14.4 Å². The number of rotatable bonds is 7. The van der Waals surface area contributed by atoms with E-state index in [4.69, 9.17) is 0 Å². The number of hydrogen-bond donors (Lipinski definition) is 0. The maximum absolute atomic E-state index is 13.0. The zero-order valence-corrected chi connectivity index (χ0v) is 18.2. The second-order valence-electron chi connectivity index (χ2n) is 8.20. The van der Waals surface area contributed by atoms with Crippen molar-refractivity contribution in [2.75, 3.05) is 6.54 Å². The molecule has 33 heavy (non-hydrogen) atoms. The minimum absolute atomic E-state index is 0.00931. The summed E-state index contributed by atoms with van der Waals surface area (Å²) in [5, 5.41) is 0. The van der Waals surface area contributed by atoms with Crippen LogP contribution in [0.2, 0.25) is 0 Å². The first kappa shape index (κ1) is 22.6. The average molecular weight is 459 g/mol. The zero-order chi connectivity index (χ0) is 23.9. The molecule has 1 aliphatic carbocycles. The molecule has 1 aromatic carbocycles. The third kappa shape index (κ3) is 4.12. The molecule has 4 rings (SSSR count). The van der Waals surface area contributed by atoms with Gasteiger partial charge in [0.15, 0.2) is 5.78 Å². The van der Waals surface area contributed by atoms with Crippen LogP contribution in [0.15, 0.2) is 30.3 Å². The fourth-order valence-electron chi connectivity index (χ4n) is 4.59. The summed E-state index contributed by atoms with van der Waals surface area (Å²) in [5.41, 5.74) is 2.17. The van der Waals surface area contributed by atoms with E-state index < -0.39 is 36.8 Å². The molecular weight excluding hydrogens is 436 g/mol. The number of ketones is 1. The Bertz CT molecular complexity index is 1120. The summed E-state index contributed by atoms with van der Waals surface area (Å²) in [6.45, 7) is 0.0127. The lowest BCUT2D eigenvalue weighted by atomic mass is 10.1. The molecule has 1 aliphatic heterocycles. The molecule has 0 spiro atoms. The van der Waals surface area contributed by atoms with Crippen LogP contribution in [0.3, 0.4) is 0 Å². The lowest BCUT2D eigenvalue weighted by Crippen LogP contribution is -2.41. The van der Waals surface area contributed by atoms with Crippen LogP contribution < -0.4 is 4.74 Å². The summed E-state index contributed by atoms with van der Waals surface area (Å²) in [7, 11) is 0. The van der Waals surface area contributed by atoms with Crippen LogP contribution in [0, 0.1) is 13.8 Å². The maximum Gasteiger partial charge on any atom is 0.387 e. The Kier molecular flexibility index (Phi) is 6.01. The molecule has 0 atom stereocenters. The Morgan fingerprint density at radius 3 is 2.30 bits per heavy atom. The quantitative estimate of drug-likeness (QED) is 0.359. The first-order chi connectivity index (χ1) is 15.7. The molecule has 4 amide bonds. The SMILES string of the molecule is Cc1cc(C(=O)CN2C(=O)C(=O)N(C3CCCC3)C2=O)c(C)n1-c1ccc(OC(F)F)cc1. The fourth-order valence-corrected chi connectivity index (χ4v) is 4.59. The van der Waals surface area contributed by atoms with Gasteiger partial charge in [0, 0.05) is 28.7 Å². The number of aromatic nitrogens is 1. The summed E-state index contributed by atoms with van der Waals surface area (Å²) in [4.78, 5) is 52.3. The van der Waals surface area contributed by atoms with Crippen LogP contribution in [0.25, 0.3) is 5.69 Å². The highest BCUT2D eigenvalue weighted by atomic mass is 19.3. The van der Waals surface area contributed by atoms with Gasteiger partial charge < -0.3 is 9.30 Å². The predicted octanol–water partition coefficient (Wildman–Crippen LogP) is 3.61. The van der Waals surface area contributed by atoms with Crippen molar-refractivity contribution >= 4 is 23.6 Å². The number of urea groups is 1. The lowest BCUT2D eigenvalue weighted by molar-refractivity contribution is -0.143. The minimum Gasteiger partial charge on any atom is -0.435 e. The minimum atomic E-state index is -2.93. The predicted molar refractivity (Wildman–Crippen MR) is 112 cm³/mol. The molecule has 0 bridgehead atoms. The number of nitrogens with zero attached hydrogens (tertiary/aromatic N) is 3. The van der Waals surface area contributed by atoms with E-state index in [0.717, 1.165) is 17.7 Å². The summed E-state index contributed by atoms with van der Waals surface area (Å²) < 4.78 is 30.9. The molecule has 2 fully saturated rings. The van der Waals surface area contributed by atoms with Gasteiger partial charge in [0.2, 0.25) is 0 Å². The van der Waals surface area contributed by atoms with E-state index in [2.05, 4.69) is 4.74 Å². The van der Waals surface area contributed by atoms with Gasteiger partial charge in [-0.2, -0.15) is 8.78 Å². The highest BCUT2D eigenvalue weighted by molar-refractivity contribution is 6.45. The van der Waals surface area contributed by atoms with Gasteiger partial charge in [-0.3, -0.25) is 19.3 Å². The normalized spacial score (nSPS) is 17.1. The van der Waals surface area contributed by atoms with Crippen molar-refractivity contribution in [2.45, 2.75) is 52.2 Å². The zero-order valence-electron chi connectivity index (χ0n) is 18.2. The first-order valence-electron chi connectivity index (χ1n) is 10.7. The van der Waals surface area contributed by atoms with Crippen LogP contribution in [0.4, 0.5) is 13.6 Å². The molecule has 2 heterocycles. The number of alkyl halides is 2. The molecule has 0 radical (unpaired) electrons. The molecule has 2 aliphatic rings. The number of aryl methyl sites for hydroxylation is 1. The average Bonchev–Trinajstić information content (AvgIpc) is 3.44. The van der Waals surface area contributed by atoms with E-state index in [1.165, 1.54) is 12.1 Å². The van der Waals surface area contributed by atoms with Crippen molar-refractivity contribution in [1.29, 1.82) is 0 Å². The summed E-state index contributed by atoms with van der Waals surface area (Å²) in [6.07, 6.45) is 3.09. The van der Waals surface area contributed by atoms with Gasteiger partial charge in [-0.05, 0) is 57.0 Å². The van der Waals surface area contributed by atoms with Crippen molar-refractivity contribution in [3.63, 3.8) is 0 Å². The van der Waals surface area contributed by atoms with E-state index in [1.54, 1.807) is 36.6 Å². The van der Waals surface area contributed by atoms with E-state index in [0.29, 0.717) is 40.4 Å². The van der Waals surface area contributed by atoms with Gasteiger partial charge in [0.25, 0.3) is 0 Å². The first-order valence-corrected chi connectivity index (χ1v) is 10.7. The number of hydrogen-bond acceptors (Lipinski definition) is 5. The van der Waals surface area contributed by atoms with Gasteiger partial charge in [-0.15, -0.1) is 0 Å². The van der Waals surface area contributed by atoms with Crippen molar-refractivity contribution in [2.24, 2.45) is 0 Å². The Morgan fingerprint density at radius 1 is 1.06 bits per heavy atom. The van der Waals surface area contributed by atoms with Crippen LogP contribution in [-0.4, -0.2) is 57.2 Å². The standard InChI is InChI=1S/C23H23F2N3O5/c1-13-11-18(14(2)27(13)16-7-9-17(10-8-16)33-22(24)25)19(29)12-26-20(30)21(31)28(23(26)32)15-5-3-4-6-15/h7-11,15,22H,3-6,12H2,1-2H3. The number of amides is 4. The highest BCUT2D eigenvalue weighted by Gasteiger charge is 2.48. The number of Topliss-reactive ketones (excluding diaryl/α,β-unsaturated/α-hetero) is 1. The van der Waals surface area contributed by atoms with Crippen LogP contribution in [0.5, 0.6) is 5.75 Å². The van der Waals surface area contributed by atoms with Gasteiger partial charge >= 0.3 is 24.5 Å². The van der Waals surface area contributed by atoms with Crippen LogP contribution in [-0.2, 0) is 9.59 Å². The molecule has 0 unspecified atom stereocenters. The summed E-state index contributed by atoms with van der Waals surface area (Å²) in [5.74, 6) is -2.33. The van der Waals surface area contributed by atoms with Gasteiger partial charge in [0.05, 0.1) is 6.54 Å². The molecule has 0 N–H and O–H groups in total. The fraction of sp³-hybridized carbons (Fsp3) is 0.391. The Hall–Kier alpha value is -3.56. The number of halogens is 2. The number of imide groups is 2. The Labute approximate surface area is 188 Å². The van der Waals surface area contributed by atoms with Crippen molar-refractivity contribution in [3.05, 3.63) is 47.3 Å². The van der Waals surface area contributed by atoms with Gasteiger partial charge in [-0.25, -0.2) is 9.69 Å². The highest BCUT2D eigenvalue weighted by Crippen LogP contribution is 2.29. The second-order valence-corrected chi connectivity index (χ2v) is 8.20. The molecule has 2 aromatic rings. The van der Waals surface area contributed by atoms with E-state index >= 15 is 0 Å². The van der Waals surface area contributed by atoms with E-state index in [-0.39, 0.29) is 11.8 Å². The topological polar surface area (TPSA) is 88.9 Å². The molecule has 8 nitrogen and oxygen atoms in total. The van der Waals surface area contributed by atoms with Crippen LogP contribution >= 0.6 is 0 Å². The smallest absolute Gasteiger partial charge is 0.387 e. The second kappa shape index (κ2) is 8.76. The third-order valence-electron chi connectivity index (χ3n) is 6.13. The van der Waals surface area contributed by atoms with Gasteiger partial charge in [-0.1, -0.05) is 12.8 Å². The van der Waals surface area contributed by atoms with E-state index in [9.17, 15) is 28.0 Å². The maximum atomic E-state index is 13.0. The largest absolute Gasteiger partial charge is 0.435 e. The van der Waals surface area contributed by atoms with E-state index in [1.807, 2.05) is 0 Å². The number of ether oxygens (including phenoxy) is 1. The molecule has 1 saturated carbocycles. The Balaban J connectivity index is 1.54. The number of carbonyl (C=O) groups is 4. The van der Waals surface area contributed by atoms with Crippen molar-refractivity contribution in [3.8, 4) is 11.4 Å². The summed E-state index contributed by atoms with van der Waals surface area (Å²) in [6, 6.07) is 6.54. The number of carbonyl (C=O) groups excluding carboxylic acids is 4. The van der Waals surface area contributed by atoms with Crippen LogP contribution in [0.1, 0.15) is 47.4 Å². The molecule has 1 saturated heterocycles. The molecule has 10 heteroatoms. The molecule has 1 aromatic heterocycles. The molecular formula is C23H23F2N3O5. The van der Waals surface area contributed by atoms with Crippen molar-refractivity contribution < 1.29 is 32.7 Å². The lowest BCUT2D eigenvalue weighted by Gasteiger charge is -2.20. The third-order valence-corrected chi connectivity index (χ3v) is 6.13. The number of benzene rings is 1. The molecule has 174 valence electrons. The van der Waals surface area contributed by atoms with Gasteiger partial charge in [0.1, 0.15) is 5.75 Å². The summed E-state index contributed by atoms with van der Waals surface area (Å²) >= 11 is 0. The monoisotopic (exact) mass is 459 g/mol. The Morgan fingerprint density at radius 2 is 1.70 bits per heavy atom.